The Labute approximate surface area is 202 Å². The van der Waals surface area contributed by atoms with Gasteiger partial charge in [0.1, 0.15) is 17.3 Å². The van der Waals surface area contributed by atoms with Crippen LogP contribution in [0.15, 0.2) is 90.9 Å². The van der Waals surface area contributed by atoms with Crippen LogP contribution in [0.4, 0.5) is 5.69 Å². The number of hydrogen-bond acceptors (Lipinski definition) is 5. The maximum atomic E-state index is 12.9. The third-order valence-corrected chi connectivity index (χ3v) is 5.16. The molecule has 0 spiro atoms. The van der Waals surface area contributed by atoms with E-state index < -0.39 is 5.91 Å². The largest absolute Gasteiger partial charge is 0.345 e. The minimum atomic E-state index is -0.566. The summed E-state index contributed by atoms with van der Waals surface area (Å²) in [6, 6.07) is 21.7. The van der Waals surface area contributed by atoms with Crippen molar-refractivity contribution in [2.75, 3.05) is 19.4 Å². The molecule has 4 aromatic rings. The molecule has 0 aliphatic rings. The fourth-order valence-corrected chi connectivity index (χ4v) is 3.39. The molecule has 0 fully saturated rings. The van der Waals surface area contributed by atoms with Gasteiger partial charge in [-0.25, -0.2) is 4.68 Å². The summed E-state index contributed by atoms with van der Waals surface area (Å²) in [5.74, 6) is -0.706. The van der Waals surface area contributed by atoms with E-state index in [9.17, 15) is 14.9 Å². The number of aromatic nitrogens is 3. The second-order valence-electron chi connectivity index (χ2n) is 7.86. The van der Waals surface area contributed by atoms with Crippen LogP contribution in [-0.2, 0) is 4.79 Å². The predicted octanol–water partition coefficient (Wildman–Crippen LogP) is 4.18. The Morgan fingerprint density at radius 1 is 1.03 bits per heavy atom. The number of nitrogens with zero attached hydrogens (tertiary/aromatic N) is 5. The van der Waals surface area contributed by atoms with Gasteiger partial charge in [-0.3, -0.25) is 14.6 Å². The Hall–Kier alpha value is -5.03. The molecular weight excluding hydrogens is 440 g/mol. The Morgan fingerprint density at radius 2 is 1.77 bits per heavy atom. The first kappa shape index (κ1) is 23.1. The van der Waals surface area contributed by atoms with Gasteiger partial charge in [0.2, 0.25) is 0 Å². The molecule has 2 heterocycles. The minimum Gasteiger partial charge on any atom is -0.345 e. The molecule has 2 aromatic heterocycles. The van der Waals surface area contributed by atoms with E-state index in [0.717, 1.165) is 11.3 Å². The summed E-state index contributed by atoms with van der Waals surface area (Å²) in [4.78, 5) is 30.6. The monoisotopic (exact) mass is 462 g/mol. The highest BCUT2D eigenvalue weighted by molar-refractivity contribution is 6.10. The number of carbonyl (C=O) groups is 2. The van der Waals surface area contributed by atoms with Crippen LogP contribution < -0.4 is 5.32 Å². The lowest BCUT2D eigenvalue weighted by molar-refractivity contribution is -0.112. The molecule has 2 amide bonds. The average molecular weight is 463 g/mol. The first-order valence-corrected chi connectivity index (χ1v) is 10.8. The molecule has 0 saturated carbocycles. The van der Waals surface area contributed by atoms with Gasteiger partial charge in [-0.1, -0.05) is 18.2 Å². The molecule has 172 valence electrons. The van der Waals surface area contributed by atoms with Crippen molar-refractivity contribution in [1.82, 2.24) is 19.7 Å². The molecule has 0 atom stereocenters. The smallest absolute Gasteiger partial charge is 0.266 e. The number of nitrogens with one attached hydrogen (secondary N) is 1. The summed E-state index contributed by atoms with van der Waals surface area (Å²) in [7, 11) is 3.34. The summed E-state index contributed by atoms with van der Waals surface area (Å²) in [6.45, 7) is 0. The maximum absolute atomic E-state index is 12.9. The Balaban J connectivity index is 1.65. The standard InChI is InChI=1S/C27H22N6O2/c1-32(2)27(35)19-10-12-23(13-11-19)30-26(34)21(16-28)15-22-18-33(24-8-4-3-5-9-24)31-25(22)20-7-6-14-29-17-20/h3-15,17-18H,1-2H3,(H,30,34)/b21-15+. The highest BCUT2D eigenvalue weighted by Crippen LogP contribution is 2.25. The van der Waals surface area contributed by atoms with Crippen molar-refractivity contribution in [3.63, 3.8) is 0 Å². The van der Waals surface area contributed by atoms with Crippen LogP contribution in [0.1, 0.15) is 15.9 Å². The van der Waals surface area contributed by atoms with Gasteiger partial charge in [0.25, 0.3) is 11.8 Å². The maximum Gasteiger partial charge on any atom is 0.266 e. The van der Waals surface area contributed by atoms with E-state index in [0.29, 0.717) is 22.5 Å². The molecule has 2 aromatic carbocycles. The predicted molar refractivity (Wildman–Crippen MR) is 133 cm³/mol. The SMILES string of the molecule is CN(C)C(=O)c1ccc(NC(=O)/C(C#N)=C/c2cn(-c3ccccc3)nc2-c2cccnc2)cc1. The number of anilines is 1. The average Bonchev–Trinajstić information content (AvgIpc) is 3.32. The number of nitriles is 1. The number of hydrogen-bond donors (Lipinski definition) is 1. The molecule has 8 nitrogen and oxygen atoms in total. The van der Waals surface area contributed by atoms with Crippen molar-refractivity contribution in [1.29, 1.82) is 5.26 Å². The summed E-state index contributed by atoms with van der Waals surface area (Å²) in [5.41, 5.74) is 3.67. The zero-order chi connectivity index (χ0) is 24.8. The minimum absolute atomic E-state index is 0.0869. The first-order valence-electron chi connectivity index (χ1n) is 10.8. The summed E-state index contributed by atoms with van der Waals surface area (Å²) >= 11 is 0. The highest BCUT2D eigenvalue weighted by atomic mass is 16.2. The van der Waals surface area contributed by atoms with Crippen molar-refractivity contribution >= 4 is 23.6 Å². The normalized spacial score (nSPS) is 10.9. The summed E-state index contributed by atoms with van der Waals surface area (Å²) in [5, 5.41) is 17.1. The van der Waals surface area contributed by atoms with Crippen molar-refractivity contribution < 1.29 is 9.59 Å². The molecule has 0 aliphatic carbocycles. The van der Waals surface area contributed by atoms with Crippen LogP contribution in [0.3, 0.4) is 0 Å². The fourth-order valence-electron chi connectivity index (χ4n) is 3.39. The van der Waals surface area contributed by atoms with E-state index >= 15 is 0 Å². The van der Waals surface area contributed by atoms with Crippen LogP contribution >= 0.6 is 0 Å². The van der Waals surface area contributed by atoms with Crippen molar-refractivity contribution in [3.8, 4) is 23.0 Å². The van der Waals surface area contributed by atoms with Crippen molar-refractivity contribution in [2.45, 2.75) is 0 Å². The molecule has 0 saturated heterocycles. The van der Waals surface area contributed by atoms with Crippen LogP contribution in [0.2, 0.25) is 0 Å². The Morgan fingerprint density at radius 3 is 2.40 bits per heavy atom. The van der Waals surface area contributed by atoms with E-state index in [-0.39, 0.29) is 11.5 Å². The number of benzene rings is 2. The van der Waals surface area contributed by atoms with Gasteiger partial charge in [0, 0.05) is 55.1 Å². The summed E-state index contributed by atoms with van der Waals surface area (Å²) in [6.07, 6.45) is 6.62. The van der Waals surface area contributed by atoms with Gasteiger partial charge in [-0.2, -0.15) is 10.4 Å². The van der Waals surface area contributed by atoms with Gasteiger partial charge < -0.3 is 10.2 Å². The Kier molecular flexibility index (Phi) is 6.79. The number of rotatable bonds is 6. The molecule has 4 rings (SSSR count). The quantitative estimate of drug-likeness (QED) is 0.342. The van der Waals surface area contributed by atoms with Gasteiger partial charge in [-0.05, 0) is 54.6 Å². The topological polar surface area (TPSA) is 104 Å². The molecular formula is C27H22N6O2. The number of para-hydroxylation sites is 1. The molecule has 0 aliphatic heterocycles. The second kappa shape index (κ2) is 10.3. The first-order chi connectivity index (χ1) is 17.0. The van der Waals surface area contributed by atoms with Crippen molar-refractivity contribution in [3.05, 3.63) is 102 Å². The van der Waals surface area contributed by atoms with E-state index in [2.05, 4.69) is 15.4 Å². The zero-order valence-electron chi connectivity index (χ0n) is 19.2. The molecule has 1 N–H and O–H groups in total. The Bertz CT molecular complexity index is 1420. The molecule has 0 unspecified atom stereocenters. The molecule has 0 radical (unpaired) electrons. The molecule has 0 bridgehead atoms. The fraction of sp³-hybridized carbons (Fsp3) is 0.0741. The second-order valence-corrected chi connectivity index (χ2v) is 7.86. The number of pyridine rings is 1. The van der Waals surface area contributed by atoms with E-state index in [1.54, 1.807) is 67.7 Å². The van der Waals surface area contributed by atoms with E-state index in [1.165, 1.54) is 11.0 Å². The zero-order valence-corrected chi connectivity index (χ0v) is 19.2. The van der Waals surface area contributed by atoms with Crippen molar-refractivity contribution in [2.24, 2.45) is 0 Å². The molecule has 35 heavy (non-hydrogen) atoms. The van der Waals surface area contributed by atoms with E-state index in [1.807, 2.05) is 42.5 Å². The number of carbonyl (C=O) groups excluding carboxylic acids is 2. The third kappa shape index (κ3) is 5.31. The molecule has 8 heteroatoms. The van der Waals surface area contributed by atoms with Crippen LogP contribution in [0, 0.1) is 11.3 Å². The van der Waals surface area contributed by atoms with Crippen LogP contribution in [-0.4, -0.2) is 45.6 Å². The lowest BCUT2D eigenvalue weighted by Gasteiger charge is -2.10. The van der Waals surface area contributed by atoms with Gasteiger partial charge >= 0.3 is 0 Å². The van der Waals surface area contributed by atoms with Gasteiger partial charge in [-0.15, -0.1) is 0 Å². The van der Waals surface area contributed by atoms with Crippen LogP contribution in [0.5, 0.6) is 0 Å². The van der Waals surface area contributed by atoms with Gasteiger partial charge in [0.05, 0.1) is 5.69 Å². The van der Waals surface area contributed by atoms with Gasteiger partial charge in [0.15, 0.2) is 0 Å². The lowest BCUT2D eigenvalue weighted by atomic mass is 10.1. The van der Waals surface area contributed by atoms with E-state index in [4.69, 9.17) is 0 Å². The summed E-state index contributed by atoms with van der Waals surface area (Å²) < 4.78 is 1.70. The lowest BCUT2D eigenvalue weighted by Crippen LogP contribution is -2.21. The number of amides is 2. The third-order valence-electron chi connectivity index (χ3n) is 5.16. The highest BCUT2D eigenvalue weighted by Gasteiger charge is 2.16. The van der Waals surface area contributed by atoms with Crippen LogP contribution in [0.25, 0.3) is 23.0 Å².